The highest BCUT2D eigenvalue weighted by Crippen LogP contribution is 2.26. The van der Waals surface area contributed by atoms with Crippen LogP contribution in [0, 0.1) is 0 Å². The molecule has 10 nitrogen and oxygen atoms in total. The first kappa shape index (κ1) is 25.5. The molecule has 0 spiro atoms. The molecular formula is C26H30N4O6. The van der Waals surface area contributed by atoms with Crippen LogP contribution in [0.1, 0.15) is 5.69 Å². The van der Waals surface area contributed by atoms with Crippen molar-refractivity contribution >= 4 is 11.1 Å². The number of benzene rings is 1. The molecule has 4 aromatic rings. The Morgan fingerprint density at radius 2 is 1.56 bits per heavy atom. The summed E-state index contributed by atoms with van der Waals surface area (Å²) in [6, 6.07) is 13.0. The fraction of sp³-hybridized carbons (Fsp3) is 0.346. The van der Waals surface area contributed by atoms with Gasteiger partial charge in [-0.15, -0.1) is 0 Å². The standard InChI is InChI=1S/C26H30N4O6/c27-7-9-31-10-11-32-12-13-33-14-15-34-23-4-3-21(29-18-23)19-35-22-5-6-25-24(16-22)30-26(36-25)20-2-1-8-28-17-20/h1-6,8,16-18H,7,9-15,19,27H2. The molecule has 0 unspecified atom stereocenters. The third-order valence-electron chi connectivity index (χ3n) is 4.95. The van der Waals surface area contributed by atoms with Gasteiger partial charge in [0.1, 0.15) is 30.2 Å². The van der Waals surface area contributed by atoms with Crippen molar-refractivity contribution in [3.8, 4) is 23.0 Å². The zero-order valence-electron chi connectivity index (χ0n) is 20.0. The highest BCUT2D eigenvalue weighted by Gasteiger charge is 2.09. The van der Waals surface area contributed by atoms with E-state index in [1.165, 1.54) is 0 Å². The van der Waals surface area contributed by atoms with Crippen molar-refractivity contribution in [2.75, 3.05) is 52.8 Å². The molecule has 10 heteroatoms. The van der Waals surface area contributed by atoms with E-state index in [0.717, 1.165) is 11.3 Å². The molecule has 0 radical (unpaired) electrons. The number of hydrogen-bond acceptors (Lipinski definition) is 10. The molecule has 0 bridgehead atoms. The number of rotatable bonds is 16. The number of ether oxygens (including phenoxy) is 5. The third-order valence-corrected chi connectivity index (χ3v) is 4.95. The van der Waals surface area contributed by atoms with E-state index in [9.17, 15) is 0 Å². The summed E-state index contributed by atoms with van der Waals surface area (Å²) >= 11 is 0. The van der Waals surface area contributed by atoms with Crippen molar-refractivity contribution in [3.05, 3.63) is 66.7 Å². The van der Waals surface area contributed by atoms with E-state index in [2.05, 4.69) is 15.0 Å². The van der Waals surface area contributed by atoms with Gasteiger partial charge in [-0.25, -0.2) is 4.98 Å². The van der Waals surface area contributed by atoms with Crippen molar-refractivity contribution in [2.24, 2.45) is 5.73 Å². The van der Waals surface area contributed by atoms with Gasteiger partial charge in [-0.05, 0) is 36.4 Å². The number of nitrogens with zero attached hydrogens (tertiary/aromatic N) is 3. The van der Waals surface area contributed by atoms with Crippen LogP contribution in [0.5, 0.6) is 11.5 Å². The van der Waals surface area contributed by atoms with Gasteiger partial charge in [0.05, 0.1) is 57.1 Å². The lowest BCUT2D eigenvalue weighted by Gasteiger charge is -2.09. The van der Waals surface area contributed by atoms with Crippen molar-refractivity contribution in [1.29, 1.82) is 0 Å². The molecule has 0 saturated heterocycles. The van der Waals surface area contributed by atoms with Crippen LogP contribution in [-0.4, -0.2) is 67.7 Å². The monoisotopic (exact) mass is 494 g/mol. The Morgan fingerprint density at radius 3 is 2.28 bits per heavy atom. The van der Waals surface area contributed by atoms with E-state index in [1.807, 2.05) is 42.5 Å². The summed E-state index contributed by atoms with van der Waals surface area (Å²) in [5.41, 5.74) is 8.34. The SMILES string of the molecule is NCCOCCOCCOCCOc1ccc(COc2ccc3oc(-c4cccnc4)nc3c2)nc1. The van der Waals surface area contributed by atoms with Gasteiger partial charge in [0.25, 0.3) is 0 Å². The number of aromatic nitrogens is 3. The smallest absolute Gasteiger partial charge is 0.228 e. The molecule has 0 aliphatic heterocycles. The lowest BCUT2D eigenvalue weighted by molar-refractivity contribution is 0.0105. The first-order valence-electron chi connectivity index (χ1n) is 11.8. The second-order valence-corrected chi connectivity index (χ2v) is 7.64. The van der Waals surface area contributed by atoms with Gasteiger partial charge in [-0.1, -0.05) is 0 Å². The largest absolute Gasteiger partial charge is 0.490 e. The van der Waals surface area contributed by atoms with E-state index >= 15 is 0 Å². The van der Waals surface area contributed by atoms with Gasteiger partial charge in [0.15, 0.2) is 5.58 Å². The number of fused-ring (bicyclic) bond motifs is 1. The summed E-state index contributed by atoms with van der Waals surface area (Å²) in [5.74, 6) is 1.87. The van der Waals surface area contributed by atoms with Crippen LogP contribution in [0.2, 0.25) is 0 Å². The molecule has 0 saturated carbocycles. The van der Waals surface area contributed by atoms with E-state index in [1.54, 1.807) is 18.6 Å². The first-order valence-corrected chi connectivity index (χ1v) is 11.8. The minimum absolute atomic E-state index is 0.319. The van der Waals surface area contributed by atoms with Crippen molar-refractivity contribution < 1.29 is 28.1 Å². The number of nitrogens with two attached hydrogens (primary N) is 1. The Morgan fingerprint density at radius 1 is 0.778 bits per heavy atom. The predicted molar refractivity (Wildman–Crippen MR) is 133 cm³/mol. The maximum atomic E-state index is 5.89. The first-order chi connectivity index (χ1) is 17.8. The van der Waals surface area contributed by atoms with Gasteiger partial charge in [-0.3, -0.25) is 9.97 Å². The Kier molecular flexibility index (Phi) is 10.00. The molecule has 3 aromatic heterocycles. The van der Waals surface area contributed by atoms with Crippen molar-refractivity contribution in [1.82, 2.24) is 15.0 Å². The molecule has 36 heavy (non-hydrogen) atoms. The van der Waals surface area contributed by atoms with Crippen LogP contribution in [0.25, 0.3) is 22.6 Å². The van der Waals surface area contributed by atoms with Crippen LogP contribution < -0.4 is 15.2 Å². The maximum Gasteiger partial charge on any atom is 0.228 e. The molecule has 3 heterocycles. The van der Waals surface area contributed by atoms with Crippen LogP contribution in [-0.2, 0) is 20.8 Å². The quantitative estimate of drug-likeness (QED) is 0.232. The van der Waals surface area contributed by atoms with Gasteiger partial charge in [-0.2, -0.15) is 0 Å². The Bertz CT molecular complexity index is 1170. The molecule has 0 amide bonds. The maximum absolute atomic E-state index is 5.89. The fourth-order valence-electron chi connectivity index (χ4n) is 3.19. The van der Waals surface area contributed by atoms with Gasteiger partial charge in [0, 0.05) is 25.0 Å². The van der Waals surface area contributed by atoms with Crippen molar-refractivity contribution in [2.45, 2.75) is 6.61 Å². The van der Waals surface area contributed by atoms with E-state index in [0.29, 0.717) is 87.9 Å². The van der Waals surface area contributed by atoms with Crippen molar-refractivity contribution in [3.63, 3.8) is 0 Å². The summed E-state index contributed by atoms with van der Waals surface area (Å²) in [7, 11) is 0. The van der Waals surface area contributed by atoms with Gasteiger partial charge >= 0.3 is 0 Å². The summed E-state index contributed by atoms with van der Waals surface area (Å²) in [4.78, 5) is 13.0. The average Bonchev–Trinajstić information content (AvgIpc) is 3.35. The molecule has 0 aliphatic carbocycles. The molecule has 2 N–H and O–H groups in total. The van der Waals surface area contributed by atoms with Gasteiger partial charge in [0.2, 0.25) is 5.89 Å². The number of hydrogen-bond donors (Lipinski definition) is 1. The summed E-state index contributed by atoms with van der Waals surface area (Å²) in [5, 5.41) is 0. The predicted octanol–water partition coefficient (Wildman–Crippen LogP) is 3.25. The highest BCUT2D eigenvalue weighted by molar-refractivity contribution is 5.77. The Labute approximate surface area is 209 Å². The van der Waals surface area contributed by atoms with E-state index < -0.39 is 0 Å². The zero-order valence-corrected chi connectivity index (χ0v) is 20.0. The minimum Gasteiger partial charge on any atom is -0.490 e. The highest BCUT2D eigenvalue weighted by atomic mass is 16.6. The molecule has 4 rings (SSSR count). The normalized spacial score (nSPS) is 11.1. The third kappa shape index (κ3) is 7.99. The van der Waals surface area contributed by atoms with Crippen LogP contribution in [0.15, 0.2) is 65.5 Å². The van der Waals surface area contributed by atoms with Crippen LogP contribution in [0.3, 0.4) is 0 Å². The Hall–Kier alpha value is -3.57. The second-order valence-electron chi connectivity index (χ2n) is 7.64. The average molecular weight is 495 g/mol. The second kappa shape index (κ2) is 14.1. The summed E-state index contributed by atoms with van der Waals surface area (Å²) in [6.45, 7) is 4.36. The van der Waals surface area contributed by atoms with E-state index in [-0.39, 0.29) is 0 Å². The molecule has 1 aromatic carbocycles. The zero-order chi connectivity index (χ0) is 24.8. The molecule has 0 aliphatic rings. The molecular weight excluding hydrogens is 464 g/mol. The number of pyridine rings is 2. The fourth-order valence-corrected chi connectivity index (χ4v) is 3.19. The van der Waals surface area contributed by atoms with E-state index in [4.69, 9.17) is 33.8 Å². The topological polar surface area (TPSA) is 124 Å². The summed E-state index contributed by atoms with van der Waals surface area (Å²) < 4.78 is 33.4. The number of oxazole rings is 1. The molecule has 0 fully saturated rings. The van der Waals surface area contributed by atoms with Gasteiger partial charge < -0.3 is 33.8 Å². The molecule has 190 valence electrons. The lowest BCUT2D eigenvalue weighted by atomic mass is 10.3. The van der Waals surface area contributed by atoms with Crippen LogP contribution in [0.4, 0.5) is 0 Å². The Balaban J connectivity index is 1.14. The lowest BCUT2D eigenvalue weighted by Crippen LogP contribution is -2.14. The summed E-state index contributed by atoms with van der Waals surface area (Å²) in [6.07, 6.45) is 5.10. The van der Waals surface area contributed by atoms with Crippen LogP contribution >= 0.6 is 0 Å². The molecule has 0 atom stereocenters. The minimum atomic E-state index is 0.319.